The number of fused-ring (bicyclic) bond motifs is 1. The fourth-order valence-corrected chi connectivity index (χ4v) is 4.23. The first kappa shape index (κ1) is 19.8. The van der Waals surface area contributed by atoms with Gasteiger partial charge in [0.2, 0.25) is 5.78 Å². The van der Waals surface area contributed by atoms with Crippen molar-refractivity contribution in [1.29, 1.82) is 5.26 Å². The first-order valence-electron chi connectivity index (χ1n) is 9.05. The van der Waals surface area contributed by atoms with Crippen LogP contribution in [0.1, 0.15) is 31.2 Å². The largest absolute Gasteiger partial charge is 0.483 e. The maximum Gasteiger partial charge on any atom is 0.206 e. The molecule has 0 aliphatic heterocycles. The van der Waals surface area contributed by atoms with E-state index in [2.05, 4.69) is 0 Å². The lowest BCUT2D eigenvalue weighted by Crippen LogP contribution is -2.13. The molecule has 0 spiro atoms. The number of benzene rings is 3. The fraction of sp³-hybridized carbons (Fsp3) is 0.0417. The topological polar surface area (TPSA) is 67.2 Å². The van der Waals surface area contributed by atoms with Crippen molar-refractivity contribution in [2.24, 2.45) is 0 Å². The predicted octanol–water partition coefficient (Wildman–Crippen LogP) is 5.92. The molecule has 0 N–H and O–H groups in total. The summed E-state index contributed by atoms with van der Waals surface area (Å²) < 4.78 is 6.77. The molecule has 0 unspecified atom stereocenters. The average molecular weight is 432 g/mol. The highest BCUT2D eigenvalue weighted by atomic mass is 35.5. The second kappa shape index (κ2) is 8.50. The van der Waals surface area contributed by atoms with E-state index in [4.69, 9.17) is 21.6 Å². The van der Waals surface area contributed by atoms with Crippen LogP contribution in [0.4, 0.5) is 0 Å². The van der Waals surface area contributed by atoms with E-state index in [0.29, 0.717) is 32.3 Å². The highest BCUT2D eigenvalue weighted by Gasteiger charge is 2.22. The lowest BCUT2D eigenvalue weighted by atomic mass is 10.1. The summed E-state index contributed by atoms with van der Waals surface area (Å²) in [6.07, 6.45) is 0. The van der Waals surface area contributed by atoms with E-state index in [1.54, 1.807) is 48.5 Å². The van der Waals surface area contributed by atoms with Crippen molar-refractivity contribution in [2.75, 3.05) is 6.61 Å². The third kappa shape index (κ3) is 3.97. The van der Waals surface area contributed by atoms with Crippen molar-refractivity contribution in [2.45, 2.75) is 0 Å². The zero-order chi connectivity index (χ0) is 21.1. The lowest BCUT2D eigenvalue weighted by molar-refractivity contribution is 0.0917. The Bertz CT molecular complexity index is 1290. The molecule has 30 heavy (non-hydrogen) atoms. The van der Waals surface area contributed by atoms with E-state index in [1.165, 1.54) is 11.3 Å². The van der Waals surface area contributed by atoms with Crippen molar-refractivity contribution >= 4 is 44.6 Å². The molecule has 0 aliphatic carbocycles. The molecular weight excluding hydrogens is 418 g/mol. The number of nitriles is 1. The Hall–Kier alpha value is -3.46. The van der Waals surface area contributed by atoms with Crippen LogP contribution in [0.2, 0.25) is 5.02 Å². The van der Waals surface area contributed by atoms with Crippen molar-refractivity contribution in [1.82, 2.24) is 0 Å². The van der Waals surface area contributed by atoms with E-state index in [0.717, 1.165) is 10.1 Å². The second-order valence-corrected chi connectivity index (χ2v) is 7.98. The summed E-state index contributed by atoms with van der Waals surface area (Å²) in [6.45, 7) is -0.198. The predicted molar refractivity (Wildman–Crippen MR) is 118 cm³/mol. The number of hydrogen-bond donors (Lipinski definition) is 0. The molecule has 6 heteroatoms. The molecule has 0 aliphatic rings. The molecular formula is C24H14ClNO3S. The van der Waals surface area contributed by atoms with Gasteiger partial charge in [-0.3, -0.25) is 9.59 Å². The van der Waals surface area contributed by atoms with Crippen LogP contribution in [-0.4, -0.2) is 18.2 Å². The Labute approximate surface area is 181 Å². The Morgan fingerprint density at radius 1 is 0.933 bits per heavy atom. The summed E-state index contributed by atoms with van der Waals surface area (Å²) in [4.78, 5) is 26.1. The molecule has 0 radical (unpaired) electrons. The number of ketones is 2. The molecule has 4 aromatic rings. The summed E-state index contributed by atoms with van der Waals surface area (Å²) in [5.74, 6) is -0.0272. The number of Topliss-reactive ketones (excluding diaryl/α,β-unsaturated/α-hetero) is 1. The molecule has 4 rings (SSSR count). The van der Waals surface area contributed by atoms with Crippen molar-refractivity contribution in [3.63, 3.8) is 0 Å². The second-order valence-electron chi connectivity index (χ2n) is 6.49. The smallest absolute Gasteiger partial charge is 0.206 e. The fourth-order valence-electron chi connectivity index (χ4n) is 3.00. The molecule has 4 nitrogen and oxygen atoms in total. The van der Waals surface area contributed by atoms with Gasteiger partial charge in [0, 0.05) is 26.2 Å². The van der Waals surface area contributed by atoms with Gasteiger partial charge >= 0.3 is 0 Å². The van der Waals surface area contributed by atoms with E-state index in [9.17, 15) is 9.59 Å². The number of halogens is 1. The minimum atomic E-state index is -0.213. The Morgan fingerprint density at radius 2 is 1.60 bits per heavy atom. The maximum absolute atomic E-state index is 13.1. The van der Waals surface area contributed by atoms with Crippen molar-refractivity contribution in [3.05, 3.63) is 99.4 Å². The molecule has 1 aromatic heterocycles. The Kier molecular flexibility index (Phi) is 5.62. The minimum Gasteiger partial charge on any atom is -0.483 e. The number of carbonyl (C=O) groups excluding carboxylic acids is 2. The number of hydrogen-bond acceptors (Lipinski definition) is 5. The normalized spacial score (nSPS) is 10.5. The van der Waals surface area contributed by atoms with Crippen LogP contribution >= 0.6 is 22.9 Å². The summed E-state index contributed by atoms with van der Waals surface area (Å²) in [7, 11) is 0. The summed E-state index contributed by atoms with van der Waals surface area (Å²) in [5.41, 5.74) is 1.42. The monoisotopic (exact) mass is 431 g/mol. The molecule has 1 heterocycles. The lowest BCUT2D eigenvalue weighted by Gasteiger charge is -2.08. The van der Waals surface area contributed by atoms with Gasteiger partial charge in [-0.2, -0.15) is 5.26 Å². The highest BCUT2D eigenvalue weighted by Crippen LogP contribution is 2.39. The Balaban J connectivity index is 1.66. The van der Waals surface area contributed by atoms with Crippen LogP contribution in [0.3, 0.4) is 0 Å². The van der Waals surface area contributed by atoms with Crippen LogP contribution in [0.15, 0.2) is 72.8 Å². The van der Waals surface area contributed by atoms with Gasteiger partial charge in [0.05, 0.1) is 11.6 Å². The number of rotatable bonds is 6. The van der Waals surface area contributed by atoms with E-state index < -0.39 is 0 Å². The van der Waals surface area contributed by atoms with Crippen LogP contribution in [0.5, 0.6) is 5.75 Å². The van der Waals surface area contributed by atoms with Gasteiger partial charge in [-0.1, -0.05) is 23.7 Å². The summed E-state index contributed by atoms with van der Waals surface area (Å²) in [6, 6.07) is 22.6. The number of carbonyl (C=O) groups is 2. The van der Waals surface area contributed by atoms with E-state index >= 15 is 0 Å². The zero-order valence-corrected chi connectivity index (χ0v) is 17.2. The summed E-state index contributed by atoms with van der Waals surface area (Å²) in [5, 5.41) is 10.3. The van der Waals surface area contributed by atoms with Crippen LogP contribution in [-0.2, 0) is 0 Å². The first-order chi connectivity index (χ1) is 14.6. The number of thiophene rings is 1. The maximum atomic E-state index is 13.1. The van der Waals surface area contributed by atoms with Gasteiger partial charge in [-0.05, 0) is 60.7 Å². The van der Waals surface area contributed by atoms with Crippen LogP contribution in [0, 0.1) is 11.3 Å². The number of ether oxygens (including phenoxy) is 1. The van der Waals surface area contributed by atoms with Gasteiger partial charge < -0.3 is 4.74 Å². The van der Waals surface area contributed by atoms with E-state index in [1.807, 2.05) is 30.3 Å². The molecule has 0 fully saturated rings. The van der Waals surface area contributed by atoms with Gasteiger partial charge in [0.25, 0.3) is 0 Å². The average Bonchev–Trinajstić information content (AvgIpc) is 3.16. The van der Waals surface area contributed by atoms with Crippen LogP contribution in [0.25, 0.3) is 10.1 Å². The zero-order valence-electron chi connectivity index (χ0n) is 15.6. The SMILES string of the molecule is N#Cc1ccc(C(=O)c2sc3ccccc3c2OCC(=O)c2ccc(Cl)cc2)cc1. The standard InChI is InChI=1S/C24H14ClNO3S/c25-18-11-9-16(10-12-18)20(27)14-29-23-19-3-1-2-4-21(19)30-24(23)22(28)17-7-5-15(13-26)6-8-17/h1-12H,14H2. The number of nitrogens with zero attached hydrogens (tertiary/aromatic N) is 1. The quantitative estimate of drug-likeness (QED) is 0.355. The molecule has 0 saturated carbocycles. The molecule has 0 amide bonds. The van der Waals surface area contributed by atoms with Gasteiger partial charge in [0.15, 0.2) is 12.4 Å². The molecule has 146 valence electrons. The first-order valence-corrected chi connectivity index (χ1v) is 10.2. The van der Waals surface area contributed by atoms with Crippen molar-refractivity contribution < 1.29 is 14.3 Å². The molecule has 0 bridgehead atoms. The minimum absolute atomic E-state index is 0.198. The van der Waals surface area contributed by atoms with Gasteiger partial charge in [-0.25, -0.2) is 0 Å². The van der Waals surface area contributed by atoms with Gasteiger partial charge in [-0.15, -0.1) is 11.3 Å². The van der Waals surface area contributed by atoms with Crippen molar-refractivity contribution in [3.8, 4) is 11.8 Å². The molecule has 0 saturated heterocycles. The third-order valence-electron chi connectivity index (χ3n) is 4.55. The van der Waals surface area contributed by atoms with Crippen LogP contribution < -0.4 is 4.74 Å². The Morgan fingerprint density at radius 3 is 2.30 bits per heavy atom. The highest BCUT2D eigenvalue weighted by molar-refractivity contribution is 7.21. The van der Waals surface area contributed by atoms with Gasteiger partial charge in [0.1, 0.15) is 10.6 Å². The summed E-state index contributed by atoms with van der Waals surface area (Å²) >= 11 is 7.19. The third-order valence-corrected chi connectivity index (χ3v) is 5.95. The molecule has 3 aromatic carbocycles. The van der Waals surface area contributed by atoms with E-state index in [-0.39, 0.29) is 18.2 Å². The molecule has 0 atom stereocenters.